The molecule has 1 amide bonds. The zero-order chi connectivity index (χ0) is 24.2. The van der Waals surface area contributed by atoms with Crippen LogP contribution in [0, 0.1) is 11.6 Å². The molecule has 0 aliphatic carbocycles. The fourth-order valence-corrected chi connectivity index (χ4v) is 3.67. The number of nitrogens with one attached hydrogen (secondary N) is 1. The number of ether oxygens (including phenoxy) is 1. The van der Waals surface area contributed by atoms with E-state index in [2.05, 4.69) is 10.3 Å². The van der Waals surface area contributed by atoms with Crippen molar-refractivity contribution in [2.75, 3.05) is 11.9 Å². The lowest BCUT2D eigenvalue weighted by molar-refractivity contribution is -0.142. The molecule has 0 bridgehead atoms. The second kappa shape index (κ2) is 9.80. The van der Waals surface area contributed by atoms with Gasteiger partial charge in [-0.25, -0.2) is 8.78 Å². The number of fused-ring (bicyclic) bond motifs is 1. The highest BCUT2D eigenvalue weighted by Crippen LogP contribution is 2.35. The van der Waals surface area contributed by atoms with Crippen LogP contribution in [0.4, 0.5) is 14.5 Å². The first-order valence-electron chi connectivity index (χ1n) is 10.5. The molecular formula is C25H21F2N3O4. The second-order valence-electron chi connectivity index (χ2n) is 7.37. The molecule has 7 nitrogen and oxygen atoms in total. The Morgan fingerprint density at radius 2 is 1.91 bits per heavy atom. The van der Waals surface area contributed by atoms with Crippen LogP contribution in [-0.4, -0.2) is 23.5 Å². The van der Waals surface area contributed by atoms with Gasteiger partial charge in [0.1, 0.15) is 11.4 Å². The fourth-order valence-electron chi connectivity index (χ4n) is 3.67. The first-order valence-corrected chi connectivity index (χ1v) is 10.5. The standard InChI is InChI=1S/C25H21F2N3O4/c1-2-33-21(31)11-14-5-3-4-6-19(14)30-25(32)18-12-17(24-16(22(18)26)8-10-34-24)15-7-9-29-20(13-28)23(15)27/h3-10,12H,2,11,13,28H2,1H3,(H,30,32). The Morgan fingerprint density at radius 1 is 1.12 bits per heavy atom. The van der Waals surface area contributed by atoms with Crippen molar-refractivity contribution in [3.05, 3.63) is 83.4 Å². The van der Waals surface area contributed by atoms with Gasteiger partial charge in [-0.3, -0.25) is 14.6 Å². The first kappa shape index (κ1) is 23.1. The number of benzene rings is 2. The third-order valence-corrected chi connectivity index (χ3v) is 5.27. The SMILES string of the molecule is CCOC(=O)Cc1ccccc1NC(=O)c1cc(-c2ccnc(CN)c2F)c2occc2c1F. The predicted octanol–water partition coefficient (Wildman–Crippen LogP) is 4.59. The van der Waals surface area contributed by atoms with E-state index in [4.69, 9.17) is 14.9 Å². The van der Waals surface area contributed by atoms with Crippen LogP contribution in [0.25, 0.3) is 22.1 Å². The summed E-state index contributed by atoms with van der Waals surface area (Å²) in [6.07, 6.45) is 2.57. The van der Waals surface area contributed by atoms with E-state index in [0.717, 1.165) is 0 Å². The van der Waals surface area contributed by atoms with E-state index in [0.29, 0.717) is 11.3 Å². The number of rotatable bonds is 7. The first-order chi connectivity index (χ1) is 16.4. The summed E-state index contributed by atoms with van der Waals surface area (Å²) in [5.74, 6) is -2.73. The maximum Gasteiger partial charge on any atom is 0.310 e. The van der Waals surface area contributed by atoms with E-state index >= 15 is 4.39 Å². The molecule has 0 saturated carbocycles. The number of halogens is 2. The van der Waals surface area contributed by atoms with E-state index in [9.17, 15) is 14.0 Å². The molecule has 4 rings (SSSR count). The number of carbonyl (C=O) groups is 2. The normalized spacial score (nSPS) is 10.9. The van der Waals surface area contributed by atoms with E-state index in [1.165, 1.54) is 30.7 Å². The second-order valence-corrected chi connectivity index (χ2v) is 7.37. The number of carbonyl (C=O) groups excluding carboxylic acids is 2. The van der Waals surface area contributed by atoms with Crippen LogP contribution in [0.1, 0.15) is 28.5 Å². The van der Waals surface area contributed by atoms with Gasteiger partial charge in [-0.05, 0) is 36.8 Å². The minimum absolute atomic E-state index is 0.0213. The number of hydrogen-bond acceptors (Lipinski definition) is 6. The molecule has 2 heterocycles. The van der Waals surface area contributed by atoms with Crippen molar-refractivity contribution < 1.29 is 27.5 Å². The number of nitrogens with zero attached hydrogens (tertiary/aromatic N) is 1. The van der Waals surface area contributed by atoms with E-state index in [1.54, 1.807) is 31.2 Å². The Balaban J connectivity index is 1.76. The third kappa shape index (κ3) is 4.38. The van der Waals surface area contributed by atoms with Gasteiger partial charge >= 0.3 is 5.97 Å². The van der Waals surface area contributed by atoms with E-state index in [1.807, 2.05) is 0 Å². The molecule has 0 fully saturated rings. The molecule has 2 aromatic carbocycles. The Kier molecular flexibility index (Phi) is 6.65. The number of esters is 1. The van der Waals surface area contributed by atoms with Crippen LogP contribution in [-0.2, 0) is 22.5 Å². The molecular weight excluding hydrogens is 444 g/mol. The third-order valence-electron chi connectivity index (χ3n) is 5.27. The Labute approximate surface area is 193 Å². The Morgan fingerprint density at radius 3 is 2.68 bits per heavy atom. The summed E-state index contributed by atoms with van der Waals surface area (Å²) in [5, 5.41) is 2.67. The molecule has 3 N–H and O–H groups in total. The molecule has 0 aliphatic rings. The number of furan rings is 1. The minimum atomic E-state index is -0.818. The maximum atomic E-state index is 15.3. The molecule has 0 unspecified atom stereocenters. The summed E-state index contributed by atoms with van der Waals surface area (Å²) in [7, 11) is 0. The summed E-state index contributed by atoms with van der Waals surface area (Å²) in [4.78, 5) is 29.0. The lowest BCUT2D eigenvalue weighted by atomic mass is 9.98. The number of pyridine rings is 1. The number of nitrogens with two attached hydrogens (primary N) is 1. The molecule has 2 aromatic heterocycles. The van der Waals surface area contributed by atoms with Gasteiger partial charge in [0.25, 0.3) is 5.91 Å². The number of para-hydroxylation sites is 1. The number of amides is 1. The largest absolute Gasteiger partial charge is 0.466 e. The van der Waals surface area contributed by atoms with Crippen LogP contribution >= 0.6 is 0 Å². The van der Waals surface area contributed by atoms with Crippen molar-refractivity contribution in [3.8, 4) is 11.1 Å². The number of hydrogen-bond donors (Lipinski definition) is 2. The lowest BCUT2D eigenvalue weighted by Gasteiger charge is -2.13. The predicted molar refractivity (Wildman–Crippen MR) is 122 cm³/mol. The maximum absolute atomic E-state index is 15.3. The molecule has 4 aromatic rings. The van der Waals surface area contributed by atoms with Gasteiger partial charge in [-0.15, -0.1) is 0 Å². The van der Waals surface area contributed by atoms with Crippen LogP contribution < -0.4 is 11.1 Å². The Hall–Kier alpha value is -4.11. The summed E-state index contributed by atoms with van der Waals surface area (Å²) in [5.41, 5.74) is 6.45. The van der Waals surface area contributed by atoms with Crippen LogP contribution in [0.15, 0.2) is 59.3 Å². The van der Waals surface area contributed by atoms with Crippen LogP contribution in [0.5, 0.6) is 0 Å². The molecule has 0 saturated heterocycles. The monoisotopic (exact) mass is 465 g/mol. The zero-order valence-corrected chi connectivity index (χ0v) is 18.2. The van der Waals surface area contributed by atoms with Crippen molar-refractivity contribution in [3.63, 3.8) is 0 Å². The highest BCUT2D eigenvalue weighted by Gasteiger charge is 2.23. The van der Waals surface area contributed by atoms with Gasteiger partial charge < -0.3 is 20.2 Å². The van der Waals surface area contributed by atoms with Gasteiger partial charge in [0.2, 0.25) is 0 Å². The smallest absolute Gasteiger partial charge is 0.310 e. The van der Waals surface area contributed by atoms with Crippen LogP contribution in [0.3, 0.4) is 0 Å². The summed E-state index contributed by atoms with van der Waals surface area (Å²) in [6.45, 7) is 1.79. The molecule has 0 atom stereocenters. The average molecular weight is 465 g/mol. The van der Waals surface area contributed by atoms with Gasteiger partial charge in [-0.1, -0.05) is 18.2 Å². The minimum Gasteiger partial charge on any atom is -0.466 e. The summed E-state index contributed by atoms with van der Waals surface area (Å²) < 4.78 is 40.7. The quantitative estimate of drug-likeness (QED) is 0.387. The topological polar surface area (TPSA) is 107 Å². The molecule has 174 valence electrons. The van der Waals surface area contributed by atoms with Crippen molar-refractivity contribution in [2.24, 2.45) is 5.73 Å². The lowest BCUT2D eigenvalue weighted by Crippen LogP contribution is -2.17. The highest BCUT2D eigenvalue weighted by atomic mass is 19.1. The fraction of sp³-hybridized carbons (Fsp3) is 0.160. The molecule has 34 heavy (non-hydrogen) atoms. The van der Waals surface area contributed by atoms with Gasteiger partial charge in [0.15, 0.2) is 5.82 Å². The summed E-state index contributed by atoms with van der Waals surface area (Å²) >= 11 is 0. The molecule has 9 heteroatoms. The highest BCUT2D eigenvalue weighted by molar-refractivity contribution is 6.09. The van der Waals surface area contributed by atoms with Crippen molar-refractivity contribution in [2.45, 2.75) is 19.9 Å². The number of aromatic nitrogens is 1. The molecule has 0 aliphatic heterocycles. The van der Waals surface area contributed by atoms with Crippen molar-refractivity contribution >= 4 is 28.5 Å². The van der Waals surface area contributed by atoms with Crippen molar-refractivity contribution in [1.29, 1.82) is 0 Å². The van der Waals surface area contributed by atoms with Crippen LogP contribution in [0.2, 0.25) is 0 Å². The molecule has 0 spiro atoms. The van der Waals surface area contributed by atoms with E-state index < -0.39 is 23.5 Å². The zero-order valence-electron chi connectivity index (χ0n) is 18.2. The van der Waals surface area contributed by atoms with Gasteiger partial charge in [0.05, 0.1) is 35.9 Å². The van der Waals surface area contributed by atoms with Gasteiger partial charge in [-0.2, -0.15) is 0 Å². The Bertz CT molecular complexity index is 1380. The van der Waals surface area contributed by atoms with E-state index in [-0.39, 0.29) is 52.9 Å². The summed E-state index contributed by atoms with van der Waals surface area (Å²) in [6, 6.07) is 10.6. The average Bonchev–Trinajstić information content (AvgIpc) is 3.32. The molecule has 0 radical (unpaired) electrons. The van der Waals surface area contributed by atoms with Gasteiger partial charge in [0, 0.05) is 29.6 Å². The van der Waals surface area contributed by atoms with Crippen molar-refractivity contribution in [1.82, 2.24) is 4.98 Å². The number of anilines is 1.